The Kier molecular flexibility index (Phi) is 4.08. The zero-order chi connectivity index (χ0) is 15.8. The third kappa shape index (κ3) is 2.94. The second-order valence-electron chi connectivity index (χ2n) is 6.00. The van der Waals surface area contributed by atoms with Crippen LogP contribution in [0.1, 0.15) is 31.1 Å². The van der Waals surface area contributed by atoms with Crippen molar-refractivity contribution in [1.29, 1.82) is 0 Å². The molecular formula is C16H22N2O2S. The minimum atomic E-state index is -3.20. The number of nitrogens with one attached hydrogen (secondary N) is 1. The first-order valence-corrected chi connectivity index (χ1v) is 8.80. The lowest BCUT2D eigenvalue weighted by molar-refractivity contribution is 0.446. The lowest BCUT2D eigenvalue weighted by atomic mass is 9.94. The van der Waals surface area contributed by atoms with E-state index in [1.807, 2.05) is 37.3 Å². The Morgan fingerprint density at radius 2 is 1.86 bits per heavy atom. The molecule has 5 heteroatoms. The second-order valence-corrected chi connectivity index (χ2v) is 8.60. The highest BCUT2D eigenvalue weighted by Crippen LogP contribution is 2.33. The van der Waals surface area contributed by atoms with Gasteiger partial charge in [0.2, 0.25) is 0 Å². The number of pyridine rings is 1. The van der Waals surface area contributed by atoms with Crippen molar-refractivity contribution in [3.8, 4) is 0 Å². The van der Waals surface area contributed by atoms with Gasteiger partial charge in [-0.15, -0.1) is 0 Å². The molecule has 0 aliphatic heterocycles. The van der Waals surface area contributed by atoms with Crippen LogP contribution in [0.4, 0.5) is 0 Å². The molecule has 1 aromatic carbocycles. The van der Waals surface area contributed by atoms with Gasteiger partial charge in [0.25, 0.3) is 0 Å². The molecule has 2 rings (SSSR count). The van der Waals surface area contributed by atoms with Gasteiger partial charge >= 0.3 is 0 Å². The van der Waals surface area contributed by atoms with E-state index in [1.165, 1.54) is 6.26 Å². The van der Waals surface area contributed by atoms with Gasteiger partial charge in [-0.2, -0.15) is 0 Å². The van der Waals surface area contributed by atoms with Crippen LogP contribution in [0.25, 0.3) is 10.9 Å². The molecule has 0 bridgehead atoms. The van der Waals surface area contributed by atoms with Crippen molar-refractivity contribution >= 4 is 20.7 Å². The molecule has 0 aliphatic rings. The molecule has 0 fully saturated rings. The molecule has 0 radical (unpaired) electrons. The van der Waals surface area contributed by atoms with Crippen molar-refractivity contribution in [3.05, 3.63) is 41.6 Å². The van der Waals surface area contributed by atoms with Gasteiger partial charge in [0.15, 0.2) is 9.84 Å². The molecule has 1 atom stereocenters. The molecule has 1 aromatic heterocycles. The average Bonchev–Trinajstić information content (AvgIpc) is 2.38. The second kappa shape index (κ2) is 5.39. The van der Waals surface area contributed by atoms with Crippen molar-refractivity contribution in [2.75, 3.05) is 13.3 Å². The van der Waals surface area contributed by atoms with Crippen LogP contribution in [0, 0.1) is 6.92 Å². The van der Waals surface area contributed by atoms with Crippen LogP contribution in [-0.2, 0) is 9.84 Å². The van der Waals surface area contributed by atoms with Gasteiger partial charge in [-0.3, -0.25) is 4.98 Å². The largest absolute Gasteiger partial charge is 0.312 e. The molecule has 0 saturated heterocycles. The molecule has 4 nitrogen and oxygen atoms in total. The van der Waals surface area contributed by atoms with Gasteiger partial charge in [-0.05, 0) is 51.6 Å². The zero-order valence-electron chi connectivity index (χ0n) is 13.1. The van der Waals surface area contributed by atoms with Crippen LogP contribution in [0.15, 0.2) is 30.3 Å². The quantitative estimate of drug-likeness (QED) is 0.943. The fourth-order valence-corrected chi connectivity index (χ4v) is 3.24. The van der Waals surface area contributed by atoms with Gasteiger partial charge < -0.3 is 5.32 Å². The molecule has 1 unspecified atom stereocenters. The van der Waals surface area contributed by atoms with E-state index in [1.54, 1.807) is 20.9 Å². The maximum Gasteiger partial charge on any atom is 0.154 e. The Morgan fingerprint density at radius 1 is 1.19 bits per heavy atom. The summed E-state index contributed by atoms with van der Waals surface area (Å²) >= 11 is 0. The Balaban J connectivity index is 2.56. The van der Waals surface area contributed by atoms with Crippen molar-refractivity contribution in [2.45, 2.75) is 31.6 Å². The third-order valence-electron chi connectivity index (χ3n) is 4.13. The standard InChI is InChI=1S/C16H22N2O2S/c1-11-6-7-12-10-13(8-9-14(12)18-11)15(17-4)16(2,3)21(5,19)20/h6-10,15,17H,1-5H3. The fourth-order valence-electron chi connectivity index (χ4n) is 2.56. The van der Waals surface area contributed by atoms with Crippen molar-refractivity contribution in [2.24, 2.45) is 0 Å². The summed E-state index contributed by atoms with van der Waals surface area (Å²) in [5.41, 5.74) is 2.84. The van der Waals surface area contributed by atoms with E-state index in [0.29, 0.717) is 0 Å². The number of benzene rings is 1. The Bertz CT molecular complexity index is 767. The van der Waals surface area contributed by atoms with Crippen LogP contribution in [0.2, 0.25) is 0 Å². The first-order valence-electron chi connectivity index (χ1n) is 6.91. The number of hydrogen-bond acceptors (Lipinski definition) is 4. The molecule has 1 heterocycles. The number of hydrogen-bond donors (Lipinski definition) is 1. The van der Waals surface area contributed by atoms with E-state index in [2.05, 4.69) is 10.3 Å². The number of rotatable bonds is 4. The lowest BCUT2D eigenvalue weighted by Gasteiger charge is -2.33. The first-order chi connectivity index (χ1) is 9.66. The van der Waals surface area contributed by atoms with E-state index >= 15 is 0 Å². The van der Waals surface area contributed by atoms with E-state index in [0.717, 1.165) is 22.2 Å². The van der Waals surface area contributed by atoms with Gasteiger partial charge in [0, 0.05) is 17.3 Å². The maximum absolute atomic E-state index is 12.1. The zero-order valence-corrected chi connectivity index (χ0v) is 14.0. The molecule has 0 spiro atoms. The fraction of sp³-hybridized carbons (Fsp3) is 0.438. The molecule has 114 valence electrons. The highest BCUT2D eigenvalue weighted by atomic mass is 32.2. The summed E-state index contributed by atoms with van der Waals surface area (Å²) < 4.78 is 23.3. The third-order valence-corrected chi connectivity index (χ3v) is 6.27. The lowest BCUT2D eigenvalue weighted by Crippen LogP contribution is -2.43. The van der Waals surface area contributed by atoms with Crippen LogP contribution in [0.5, 0.6) is 0 Å². The summed E-state index contributed by atoms with van der Waals surface area (Å²) in [7, 11) is -1.41. The first kappa shape index (κ1) is 15.9. The number of aryl methyl sites for hydroxylation is 1. The Hall–Kier alpha value is -1.46. The van der Waals surface area contributed by atoms with Gasteiger partial charge in [0.05, 0.1) is 16.3 Å². The van der Waals surface area contributed by atoms with Gasteiger partial charge in [0.1, 0.15) is 0 Å². The molecule has 0 saturated carbocycles. The van der Waals surface area contributed by atoms with E-state index in [-0.39, 0.29) is 6.04 Å². The van der Waals surface area contributed by atoms with Crippen LogP contribution < -0.4 is 5.32 Å². The summed E-state index contributed by atoms with van der Waals surface area (Å²) in [5, 5.41) is 4.16. The van der Waals surface area contributed by atoms with Crippen molar-refractivity contribution < 1.29 is 8.42 Å². The predicted octanol–water partition coefficient (Wildman–Crippen LogP) is 2.63. The molecule has 2 aromatic rings. The van der Waals surface area contributed by atoms with Crippen LogP contribution in [0.3, 0.4) is 0 Å². The Labute approximate surface area is 126 Å². The van der Waals surface area contributed by atoms with E-state index in [9.17, 15) is 8.42 Å². The van der Waals surface area contributed by atoms with Crippen molar-refractivity contribution in [3.63, 3.8) is 0 Å². The SMILES string of the molecule is CNC(c1ccc2nc(C)ccc2c1)C(C)(C)S(C)(=O)=O. The molecular weight excluding hydrogens is 284 g/mol. The van der Waals surface area contributed by atoms with Crippen molar-refractivity contribution in [1.82, 2.24) is 10.3 Å². The number of nitrogens with zero attached hydrogens (tertiary/aromatic N) is 1. The summed E-state index contributed by atoms with van der Waals surface area (Å²) in [6.07, 6.45) is 1.28. The molecule has 1 N–H and O–H groups in total. The molecule has 21 heavy (non-hydrogen) atoms. The topological polar surface area (TPSA) is 59.1 Å². The highest BCUT2D eigenvalue weighted by molar-refractivity contribution is 7.92. The predicted molar refractivity (Wildman–Crippen MR) is 87.2 cm³/mol. The number of sulfone groups is 1. The smallest absolute Gasteiger partial charge is 0.154 e. The normalized spacial score (nSPS) is 14.3. The van der Waals surface area contributed by atoms with Crippen LogP contribution in [-0.4, -0.2) is 31.5 Å². The maximum atomic E-state index is 12.1. The average molecular weight is 306 g/mol. The van der Waals surface area contributed by atoms with Gasteiger partial charge in [-0.25, -0.2) is 8.42 Å². The van der Waals surface area contributed by atoms with Crippen LogP contribution >= 0.6 is 0 Å². The molecule has 0 aliphatic carbocycles. The molecule has 0 amide bonds. The Morgan fingerprint density at radius 3 is 2.43 bits per heavy atom. The van der Waals surface area contributed by atoms with E-state index < -0.39 is 14.6 Å². The minimum absolute atomic E-state index is 0.279. The number of fused-ring (bicyclic) bond motifs is 1. The monoisotopic (exact) mass is 306 g/mol. The minimum Gasteiger partial charge on any atom is -0.312 e. The van der Waals surface area contributed by atoms with Gasteiger partial charge in [-0.1, -0.05) is 12.1 Å². The number of aromatic nitrogens is 1. The van der Waals surface area contributed by atoms with E-state index in [4.69, 9.17) is 0 Å². The summed E-state index contributed by atoms with van der Waals surface area (Å²) in [6.45, 7) is 5.46. The summed E-state index contributed by atoms with van der Waals surface area (Å²) in [4.78, 5) is 4.47. The highest BCUT2D eigenvalue weighted by Gasteiger charge is 2.39. The summed E-state index contributed by atoms with van der Waals surface area (Å²) in [6, 6.07) is 9.60. The summed E-state index contributed by atoms with van der Waals surface area (Å²) in [5.74, 6) is 0.